The second kappa shape index (κ2) is 5.44. The van der Waals surface area contributed by atoms with Crippen molar-refractivity contribution in [3.63, 3.8) is 0 Å². The summed E-state index contributed by atoms with van der Waals surface area (Å²) in [6.07, 6.45) is 2.45. The van der Waals surface area contributed by atoms with Gasteiger partial charge in [0, 0.05) is 15.6 Å². The largest absolute Gasteiger partial charge is 0.294 e. The molecule has 0 unspecified atom stereocenters. The second-order valence-electron chi connectivity index (χ2n) is 3.15. The van der Waals surface area contributed by atoms with Crippen molar-refractivity contribution in [2.24, 2.45) is 0 Å². The molecule has 76 valence electrons. The zero-order valence-corrected chi connectivity index (χ0v) is 10.2. The van der Waals surface area contributed by atoms with E-state index in [0.717, 1.165) is 12.8 Å². The van der Waals surface area contributed by atoms with Crippen LogP contribution in [0.2, 0.25) is 0 Å². The summed E-state index contributed by atoms with van der Waals surface area (Å²) in [7, 11) is 0. The fraction of sp³-hybridized carbons (Fsp3) is 0.364. The highest BCUT2D eigenvalue weighted by atomic mass is 127. The summed E-state index contributed by atoms with van der Waals surface area (Å²) in [5, 5.41) is 0. The van der Waals surface area contributed by atoms with Crippen LogP contribution in [0.3, 0.4) is 0 Å². The first-order chi connectivity index (χ1) is 6.65. The zero-order chi connectivity index (χ0) is 10.6. The van der Waals surface area contributed by atoms with Gasteiger partial charge in [0.05, 0.1) is 0 Å². The first-order valence-electron chi connectivity index (χ1n) is 4.63. The van der Waals surface area contributed by atoms with Crippen LogP contribution in [0.25, 0.3) is 0 Å². The quantitative estimate of drug-likeness (QED) is 0.611. The molecule has 0 heterocycles. The Kier molecular flexibility index (Phi) is 4.51. The van der Waals surface area contributed by atoms with Gasteiger partial charge in [-0.05, 0) is 47.2 Å². The van der Waals surface area contributed by atoms with Crippen LogP contribution in [-0.2, 0) is 0 Å². The minimum Gasteiger partial charge on any atom is -0.294 e. The fourth-order valence-corrected chi connectivity index (χ4v) is 1.97. The average molecular weight is 306 g/mol. The summed E-state index contributed by atoms with van der Waals surface area (Å²) in [5.74, 6) is -0.183. The Balaban J connectivity index is 2.80. The molecular weight excluding hydrogens is 294 g/mol. The number of unbranched alkanes of at least 4 members (excludes halogenated alkanes) is 1. The Bertz CT molecular complexity index is 336. The molecule has 0 aliphatic rings. The minimum absolute atomic E-state index is 0.108. The van der Waals surface area contributed by atoms with E-state index in [1.165, 1.54) is 12.1 Å². The number of rotatable bonds is 4. The molecule has 0 amide bonds. The molecule has 0 saturated carbocycles. The molecule has 0 fully saturated rings. The topological polar surface area (TPSA) is 17.1 Å². The molecule has 0 N–H and O–H groups in total. The maximum Gasteiger partial charge on any atom is 0.163 e. The predicted molar refractivity (Wildman–Crippen MR) is 63.0 cm³/mol. The summed E-state index contributed by atoms with van der Waals surface area (Å²) < 4.78 is 13.4. The normalized spacial score (nSPS) is 10.2. The molecule has 1 aromatic rings. The number of hydrogen-bond donors (Lipinski definition) is 0. The van der Waals surface area contributed by atoms with Gasteiger partial charge in [0.25, 0.3) is 0 Å². The number of carbonyl (C=O) groups is 1. The molecule has 14 heavy (non-hydrogen) atoms. The van der Waals surface area contributed by atoms with Crippen LogP contribution in [0, 0.1) is 9.39 Å². The van der Waals surface area contributed by atoms with Crippen molar-refractivity contribution in [3.05, 3.63) is 33.1 Å². The molecule has 1 rings (SSSR count). The van der Waals surface area contributed by atoms with Crippen LogP contribution in [-0.4, -0.2) is 5.78 Å². The van der Waals surface area contributed by atoms with E-state index in [2.05, 4.69) is 0 Å². The second-order valence-corrected chi connectivity index (χ2v) is 4.31. The number of ketones is 1. The van der Waals surface area contributed by atoms with Gasteiger partial charge in [0.1, 0.15) is 5.82 Å². The Morgan fingerprint density at radius 2 is 2.21 bits per heavy atom. The Morgan fingerprint density at radius 1 is 1.50 bits per heavy atom. The van der Waals surface area contributed by atoms with E-state index in [4.69, 9.17) is 0 Å². The molecule has 0 radical (unpaired) electrons. The lowest BCUT2D eigenvalue weighted by atomic mass is 10.1. The van der Waals surface area contributed by atoms with Crippen LogP contribution >= 0.6 is 22.6 Å². The molecule has 0 atom stereocenters. The first-order valence-corrected chi connectivity index (χ1v) is 5.71. The highest BCUT2D eigenvalue weighted by molar-refractivity contribution is 14.1. The maximum absolute atomic E-state index is 12.7. The zero-order valence-electron chi connectivity index (χ0n) is 8.02. The molecule has 0 bridgehead atoms. The van der Waals surface area contributed by atoms with Gasteiger partial charge in [0.2, 0.25) is 0 Å². The number of carbonyl (C=O) groups excluding carboxylic acids is 1. The van der Waals surface area contributed by atoms with Crippen molar-refractivity contribution in [1.29, 1.82) is 0 Å². The van der Waals surface area contributed by atoms with E-state index in [1.54, 1.807) is 6.07 Å². The molecule has 0 saturated heterocycles. The smallest absolute Gasteiger partial charge is 0.163 e. The monoisotopic (exact) mass is 306 g/mol. The lowest BCUT2D eigenvalue weighted by Crippen LogP contribution is -2.01. The summed E-state index contributed by atoms with van der Waals surface area (Å²) in [4.78, 5) is 11.6. The van der Waals surface area contributed by atoms with Gasteiger partial charge < -0.3 is 0 Å². The standard InChI is InChI=1S/C11H12FIO/c1-2-3-4-11(14)9-6-5-8(12)7-10(9)13/h5-7H,2-4H2,1H3. The Labute approximate surface area is 96.8 Å². The fourth-order valence-electron chi connectivity index (χ4n) is 1.19. The third kappa shape index (κ3) is 3.04. The number of benzene rings is 1. The molecule has 0 aliphatic carbocycles. The van der Waals surface area contributed by atoms with E-state index < -0.39 is 0 Å². The van der Waals surface area contributed by atoms with Crippen LogP contribution in [0.5, 0.6) is 0 Å². The number of halogens is 2. The summed E-state index contributed by atoms with van der Waals surface area (Å²) in [6.45, 7) is 2.04. The van der Waals surface area contributed by atoms with Gasteiger partial charge in [-0.15, -0.1) is 0 Å². The highest BCUT2D eigenvalue weighted by Crippen LogP contribution is 2.16. The van der Waals surface area contributed by atoms with Gasteiger partial charge >= 0.3 is 0 Å². The third-order valence-electron chi connectivity index (χ3n) is 1.99. The summed E-state index contributed by atoms with van der Waals surface area (Å²) >= 11 is 1.99. The van der Waals surface area contributed by atoms with Crippen LogP contribution in [0.15, 0.2) is 18.2 Å². The third-order valence-corrected chi connectivity index (χ3v) is 2.88. The van der Waals surface area contributed by atoms with Crippen molar-refractivity contribution in [2.45, 2.75) is 26.2 Å². The molecular formula is C11H12FIO. The van der Waals surface area contributed by atoms with Gasteiger partial charge in [-0.3, -0.25) is 4.79 Å². The van der Waals surface area contributed by atoms with Gasteiger partial charge in [-0.1, -0.05) is 13.3 Å². The minimum atomic E-state index is -0.290. The van der Waals surface area contributed by atoms with Crippen molar-refractivity contribution < 1.29 is 9.18 Å². The molecule has 0 spiro atoms. The SMILES string of the molecule is CCCCC(=O)c1ccc(F)cc1I. The number of hydrogen-bond acceptors (Lipinski definition) is 1. The van der Waals surface area contributed by atoms with E-state index in [0.29, 0.717) is 15.6 Å². The summed E-state index contributed by atoms with van der Waals surface area (Å²) in [5.41, 5.74) is 0.639. The molecule has 1 nitrogen and oxygen atoms in total. The van der Waals surface area contributed by atoms with Crippen molar-refractivity contribution in [1.82, 2.24) is 0 Å². The molecule has 0 aliphatic heterocycles. The number of Topliss-reactive ketones (excluding diaryl/α,β-unsaturated/α-hetero) is 1. The highest BCUT2D eigenvalue weighted by Gasteiger charge is 2.09. The van der Waals surface area contributed by atoms with Gasteiger partial charge in [0.15, 0.2) is 5.78 Å². The van der Waals surface area contributed by atoms with E-state index in [1.807, 2.05) is 29.5 Å². The molecule has 1 aromatic carbocycles. The maximum atomic E-state index is 12.7. The van der Waals surface area contributed by atoms with Crippen LogP contribution in [0.4, 0.5) is 4.39 Å². The Hall–Kier alpha value is -0.450. The van der Waals surface area contributed by atoms with Crippen molar-refractivity contribution in [2.75, 3.05) is 0 Å². The predicted octanol–water partition coefficient (Wildman–Crippen LogP) is 3.80. The van der Waals surface area contributed by atoms with E-state index in [-0.39, 0.29) is 11.6 Å². The average Bonchev–Trinajstić information content (AvgIpc) is 2.14. The van der Waals surface area contributed by atoms with Crippen molar-refractivity contribution >= 4 is 28.4 Å². The van der Waals surface area contributed by atoms with E-state index >= 15 is 0 Å². The first kappa shape index (κ1) is 11.6. The van der Waals surface area contributed by atoms with Gasteiger partial charge in [-0.25, -0.2) is 4.39 Å². The van der Waals surface area contributed by atoms with Gasteiger partial charge in [-0.2, -0.15) is 0 Å². The summed E-state index contributed by atoms with van der Waals surface area (Å²) in [6, 6.07) is 4.29. The van der Waals surface area contributed by atoms with Crippen molar-refractivity contribution in [3.8, 4) is 0 Å². The molecule has 0 aromatic heterocycles. The lowest BCUT2D eigenvalue weighted by Gasteiger charge is -2.02. The molecule has 3 heteroatoms. The van der Waals surface area contributed by atoms with Crippen LogP contribution < -0.4 is 0 Å². The van der Waals surface area contributed by atoms with Crippen LogP contribution in [0.1, 0.15) is 36.5 Å². The Morgan fingerprint density at radius 3 is 2.79 bits per heavy atom. The lowest BCUT2D eigenvalue weighted by molar-refractivity contribution is 0.0979. The van der Waals surface area contributed by atoms with E-state index in [9.17, 15) is 9.18 Å².